The minimum atomic E-state index is -0.125. The number of rotatable bonds is 1. The molecule has 0 amide bonds. The zero-order valence-electron chi connectivity index (χ0n) is 5.93. The summed E-state index contributed by atoms with van der Waals surface area (Å²) in [4.78, 5) is 10.0. The van der Waals surface area contributed by atoms with Crippen LogP contribution in [0.4, 0.5) is 0 Å². The summed E-state index contributed by atoms with van der Waals surface area (Å²) in [6.45, 7) is 2.85. The van der Waals surface area contributed by atoms with Gasteiger partial charge in [0.1, 0.15) is 0 Å². The van der Waals surface area contributed by atoms with Gasteiger partial charge in [-0.2, -0.15) is 0 Å². The van der Waals surface area contributed by atoms with Crippen LogP contribution >= 0.6 is 0 Å². The summed E-state index contributed by atoms with van der Waals surface area (Å²) in [6, 6.07) is 0. The van der Waals surface area contributed by atoms with E-state index in [0.717, 1.165) is 0 Å². The fourth-order valence-corrected chi connectivity index (χ4v) is 0.294. The molecular weight excluding hydrogens is 152 g/mol. The average Bonchev–Trinajstić information content (AvgIpc) is 1.27. The number of aliphatic hydroxyl groups excluding tert-OH is 1. The maximum Gasteiger partial charge on any atom is 0.155 e. The molecule has 0 rings (SSSR count). The number of carbonyl (C=O) groups excluding carboxylic acids is 1. The molecule has 0 aliphatic rings. The van der Waals surface area contributed by atoms with Crippen molar-refractivity contribution in [2.75, 3.05) is 0 Å². The van der Waals surface area contributed by atoms with Gasteiger partial charge in [0.25, 0.3) is 0 Å². The zero-order chi connectivity index (χ0) is 5.86. The van der Waals surface area contributed by atoms with Gasteiger partial charge in [0, 0.05) is 27.8 Å². The van der Waals surface area contributed by atoms with Gasteiger partial charge in [-0.25, -0.2) is 0 Å². The third-order valence-electron chi connectivity index (χ3n) is 0.412. The van der Waals surface area contributed by atoms with E-state index < -0.39 is 0 Å². The Morgan fingerprint density at radius 2 is 1.78 bits per heavy atom. The Hall–Kier alpha value is -0.0757. The molecule has 0 aliphatic carbocycles. The average molecular weight is 163 g/mol. The molecule has 0 saturated heterocycles. The molecule has 0 aromatic rings. The van der Waals surface area contributed by atoms with Crippen LogP contribution in [0.1, 0.15) is 13.8 Å². The second kappa shape index (κ2) is 7.92. The molecule has 0 fully saturated rings. The molecule has 1 N–H and O–H groups in total. The smallest absolute Gasteiger partial charge is 0.155 e. The van der Waals surface area contributed by atoms with E-state index in [9.17, 15) is 4.79 Å². The van der Waals surface area contributed by atoms with Gasteiger partial charge in [-0.3, -0.25) is 4.79 Å². The van der Waals surface area contributed by atoms with Crippen molar-refractivity contribution in [2.24, 2.45) is 0 Å². The molecule has 0 heterocycles. The molecule has 0 spiro atoms. The van der Waals surface area contributed by atoms with Gasteiger partial charge in [-0.05, 0) is 13.8 Å². The molecule has 0 atom stereocenters. The molecule has 0 aromatic carbocycles. The Morgan fingerprint density at radius 3 is 1.78 bits per heavy atom. The number of carbonyl (C=O) groups is 1. The van der Waals surface area contributed by atoms with Gasteiger partial charge >= 0.3 is 0 Å². The minimum Gasteiger partial charge on any atom is -0.512 e. The van der Waals surface area contributed by atoms with Gasteiger partial charge in [0.15, 0.2) is 5.78 Å². The van der Waals surface area contributed by atoms with Crippen LogP contribution in [0.25, 0.3) is 0 Å². The first kappa shape index (κ1) is 16.0. The molecule has 0 radical (unpaired) electrons. The second-order valence-electron chi connectivity index (χ2n) is 1.40. The summed E-state index contributed by atoms with van der Waals surface area (Å²) in [5.41, 5.74) is 0. The quantitative estimate of drug-likeness (QED) is 0.275. The Labute approximate surface area is 70.8 Å². The minimum absolute atomic E-state index is 0. The van der Waals surface area contributed by atoms with Crippen LogP contribution in [-0.2, 0) is 26.5 Å². The van der Waals surface area contributed by atoms with Gasteiger partial charge < -0.3 is 12.5 Å². The van der Waals surface area contributed by atoms with Crippen LogP contribution in [0, 0.1) is 7.43 Å². The molecule has 52 valence electrons. The number of hydrogen-bond acceptors (Lipinski definition) is 2. The Bertz CT molecular complexity index is 104. The van der Waals surface area contributed by atoms with Crippen molar-refractivity contribution < 1.29 is 31.6 Å². The summed E-state index contributed by atoms with van der Waals surface area (Å²) < 4.78 is 0. The Balaban J connectivity index is -0.000000180. The first-order valence-electron chi connectivity index (χ1n) is 2.01. The van der Waals surface area contributed by atoms with E-state index in [-0.39, 0.29) is 40.7 Å². The largest absolute Gasteiger partial charge is 0.512 e. The van der Waals surface area contributed by atoms with Crippen molar-refractivity contribution in [2.45, 2.75) is 13.8 Å². The molecule has 0 aliphatic heterocycles. The van der Waals surface area contributed by atoms with Crippen LogP contribution in [0.5, 0.6) is 0 Å². The predicted octanol–water partition coefficient (Wildman–Crippen LogP) is 1.48. The van der Waals surface area contributed by atoms with E-state index >= 15 is 0 Å². The molecule has 0 aromatic heterocycles. The van der Waals surface area contributed by atoms with E-state index in [1.165, 1.54) is 19.9 Å². The van der Waals surface area contributed by atoms with Crippen LogP contribution < -0.4 is 0 Å². The summed E-state index contributed by atoms with van der Waals surface area (Å²) in [5.74, 6) is -0.0625. The predicted molar refractivity (Wildman–Crippen MR) is 33.5 cm³/mol. The molecule has 3 heteroatoms. The van der Waals surface area contributed by atoms with E-state index in [1.54, 1.807) is 0 Å². The summed E-state index contributed by atoms with van der Waals surface area (Å²) in [7, 11) is 0. The fourth-order valence-electron chi connectivity index (χ4n) is 0.294. The third-order valence-corrected chi connectivity index (χ3v) is 0.412. The van der Waals surface area contributed by atoms with Crippen molar-refractivity contribution in [3.63, 3.8) is 0 Å². The Kier molecular flexibility index (Phi) is 14.1. The first-order valence-corrected chi connectivity index (χ1v) is 2.01. The van der Waals surface area contributed by atoms with Crippen LogP contribution in [-0.4, -0.2) is 10.9 Å². The normalized spacial score (nSPS) is 8.89. The van der Waals surface area contributed by atoms with Crippen molar-refractivity contribution in [3.05, 3.63) is 19.3 Å². The Morgan fingerprint density at radius 1 is 1.44 bits per heavy atom. The van der Waals surface area contributed by atoms with Crippen LogP contribution in [0.3, 0.4) is 0 Å². The summed E-state index contributed by atoms with van der Waals surface area (Å²) >= 11 is 0. The second-order valence-corrected chi connectivity index (χ2v) is 1.40. The van der Waals surface area contributed by atoms with Gasteiger partial charge in [0.2, 0.25) is 0 Å². The van der Waals surface area contributed by atoms with Crippen molar-refractivity contribution in [1.82, 2.24) is 0 Å². The molecule has 0 unspecified atom stereocenters. The van der Waals surface area contributed by atoms with Gasteiger partial charge in [-0.1, -0.05) is 0 Å². The molecule has 0 bridgehead atoms. The van der Waals surface area contributed by atoms with Crippen molar-refractivity contribution >= 4 is 5.78 Å². The number of hydrogen-bond donors (Lipinski definition) is 1. The number of aliphatic hydroxyl groups is 1. The van der Waals surface area contributed by atoms with E-state index in [0.29, 0.717) is 0 Å². The maximum absolute atomic E-state index is 10.0. The van der Waals surface area contributed by atoms with Crippen molar-refractivity contribution in [3.8, 4) is 0 Å². The molecular formula is C6H11O2Ti-. The zero-order valence-corrected chi connectivity index (χ0v) is 7.49. The van der Waals surface area contributed by atoms with E-state index in [2.05, 4.69) is 0 Å². The number of ketones is 1. The van der Waals surface area contributed by atoms with Crippen LogP contribution in [0.15, 0.2) is 11.8 Å². The van der Waals surface area contributed by atoms with E-state index in [4.69, 9.17) is 5.11 Å². The summed E-state index contributed by atoms with van der Waals surface area (Å²) in [6.07, 6.45) is 1.17. The fraction of sp³-hybridized carbons (Fsp3) is 0.333. The molecule has 9 heavy (non-hydrogen) atoms. The van der Waals surface area contributed by atoms with Gasteiger partial charge in [0.05, 0.1) is 5.76 Å². The SMILES string of the molecule is CC(=O)/C=C(/C)O.[CH3-].[Ti]. The first-order chi connectivity index (χ1) is 3.13. The van der Waals surface area contributed by atoms with Gasteiger partial charge in [-0.15, -0.1) is 0 Å². The number of allylic oxidation sites excluding steroid dienone is 2. The maximum atomic E-state index is 10.0. The third kappa shape index (κ3) is 18.1. The summed E-state index contributed by atoms with van der Waals surface area (Å²) in [5, 5.41) is 8.36. The van der Waals surface area contributed by atoms with Crippen molar-refractivity contribution in [1.29, 1.82) is 0 Å². The molecule has 2 nitrogen and oxygen atoms in total. The van der Waals surface area contributed by atoms with Crippen LogP contribution in [0.2, 0.25) is 0 Å². The monoisotopic (exact) mass is 163 g/mol. The topological polar surface area (TPSA) is 37.3 Å². The van der Waals surface area contributed by atoms with E-state index in [1.807, 2.05) is 0 Å². The standard InChI is InChI=1S/C5H8O2.CH3.Ti/c1-4(6)3-5(2)7;;/h3,6H,1-2H3;1H3;/q;-1;/b4-3-;;. The molecule has 0 saturated carbocycles.